The first-order chi connectivity index (χ1) is 10.7. The molecule has 2 atom stereocenters. The lowest BCUT2D eigenvalue weighted by molar-refractivity contribution is -0.118. The molecular weight excluding hydrogens is 280 g/mol. The maximum absolute atomic E-state index is 12.8. The summed E-state index contributed by atoms with van der Waals surface area (Å²) in [5.74, 6) is 0.108. The Balaban J connectivity index is 1.84. The quantitative estimate of drug-likeness (QED) is 0.755. The van der Waals surface area contributed by atoms with Crippen LogP contribution >= 0.6 is 0 Å². The number of carbonyl (C=O) groups excluding carboxylic acids is 2. The summed E-state index contributed by atoms with van der Waals surface area (Å²) in [6.45, 7) is 2.00. The van der Waals surface area contributed by atoms with Crippen LogP contribution in [0.3, 0.4) is 0 Å². The lowest BCUT2D eigenvalue weighted by atomic mass is 9.87. The second-order valence-electron chi connectivity index (χ2n) is 5.66. The van der Waals surface area contributed by atoms with Crippen LogP contribution in [0.5, 0.6) is 0 Å². The molecule has 0 unspecified atom stereocenters. The summed E-state index contributed by atoms with van der Waals surface area (Å²) in [7, 11) is 0. The van der Waals surface area contributed by atoms with Gasteiger partial charge in [-0.05, 0) is 36.1 Å². The van der Waals surface area contributed by atoms with Crippen molar-refractivity contribution in [2.24, 2.45) is 5.92 Å². The third-order valence-corrected chi connectivity index (χ3v) is 4.27. The van der Waals surface area contributed by atoms with Crippen LogP contribution < -0.4 is 9.80 Å². The highest BCUT2D eigenvalue weighted by Gasteiger charge is 2.52. The van der Waals surface area contributed by atoms with Crippen molar-refractivity contribution in [3.05, 3.63) is 48.2 Å². The molecule has 1 fully saturated rings. The van der Waals surface area contributed by atoms with E-state index in [0.717, 1.165) is 22.6 Å². The van der Waals surface area contributed by atoms with Crippen molar-refractivity contribution in [3.63, 3.8) is 0 Å². The monoisotopic (exact) mass is 294 g/mol. The van der Waals surface area contributed by atoms with Crippen LogP contribution in [0, 0.1) is 5.92 Å². The normalized spacial score (nSPS) is 23.5. The van der Waals surface area contributed by atoms with E-state index in [1.54, 1.807) is 17.0 Å². The Labute approximate surface area is 127 Å². The first-order valence-corrected chi connectivity index (χ1v) is 7.21. The van der Waals surface area contributed by atoms with Gasteiger partial charge in [0.2, 0.25) is 0 Å². The van der Waals surface area contributed by atoms with Gasteiger partial charge in [-0.2, -0.15) is 5.10 Å². The summed E-state index contributed by atoms with van der Waals surface area (Å²) < 4.78 is 0. The fraction of sp³-hybridized carbons (Fsp3) is 0.250. The molecule has 0 radical (unpaired) electrons. The van der Waals surface area contributed by atoms with Gasteiger partial charge in [-0.15, -0.1) is 5.10 Å². The summed E-state index contributed by atoms with van der Waals surface area (Å²) in [5, 5.41) is 7.67. The molecule has 0 N–H and O–H groups in total. The van der Waals surface area contributed by atoms with Gasteiger partial charge in [-0.1, -0.05) is 25.1 Å². The highest BCUT2D eigenvalue weighted by atomic mass is 16.2. The van der Waals surface area contributed by atoms with E-state index in [2.05, 4.69) is 10.2 Å². The van der Waals surface area contributed by atoms with Crippen LogP contribution in [-0.2, 0) is 11.2 Å². The van der Waals surface area contributed by atoms with Crippen LogP contribution in [0.25, 0.3) is 0 Å². The zero-order chi connectivity index (χ0) is 15.3. The average Bonchev–Trinajstić information content (AvgIpc) is 2.80. The number of aromatic nitrogens is 2. The number of carbonyl (C=O) groups is 2. The average molecular weight is 294 g/mol. The Morgan fingerprint density at radius 2 is 1.95 bits per heavy atom. The molecule has 2 aliphatic heterocycles. The third-order valence-electron chi connectivity index (χ3n) is 4.27. The number of imide groups is 1. The van der Waals surface area contributed by atoms with E-state index in [-0.39, 0.29) is 23.7 Å². The lowest BCUT2D eigenvalue weighted by Crippen LogP contribution is -2.44. The SMILES string of the molecule is C[C@@H]1Cc2ccccc2N2C(=O)N(c3cccnn3)C(=O)[C@H]12. The van der Waals surface area contributed by atoms with Crippen molar-refractivity contribution < 1.29 is 9.59 Å². The lowest BCUT2D eigenvalue weighted by Gasteiger charge is -2.33. The van der Waals surface area contributed by atoms with E-state index in [9.17, 15) is 9.59 Å². The fourth-order valence-electron chi connectivity index (χ4n) is 3.31. The van der Waals surface area contributed by atoms with Crippen molar-refractivity contribution in [1.29, 1.82) is 0 Å². The second kappa shape index (κ2) is 4.62. The van der Waals surface area contributed by atoms with Gasteiger partial charge >= 0.3 is 6.03 Å². The number of fused-ring (bicyclic) bond motifs is 3. The van der Waals surface area contributed by atoms with Crippen molar-refractivity contribution in [2.75, 3.05) is 9.80 Å². The number of para-hydroxylation sites is 1. The molecule has 2 aromatic rings. The minimum absolute atomic E-state index is 0.0630. The maximum Gasteiger partial charge on any atom is 0.337 e. The molecule has 0 spiro atoms. The summed E-state index contributed by atoms with van der Waals surface area (Å²) in [6, 6.07) is 10.2. The topological polar surface area (TPSA) is 66.4 Å². The van der Waals surface area contributed by atoms with Crippen LogP contribution in [0.15, 0.2) is 42.6 Å². The maximum atomic E-state index is 12.8. The highest BCUT2D eigenvalue weighted by molar-refractivity contribution is 6.28. The standard InChI is InChI=1S/C16H14N4O2/c1-10-9-11-5-2-3-6-12(11)19-14(10)15(21)20(16(19)22)13-7-4-8-17-18-13/h2-8,10,14H,9H2,1H3/t10-,14+/m1/s1. The molecule has 0 bridgehead atoms. The van der Waals surface area contributed by atoms with E-state index in [4.69, 9.17) is 0 Å². The van der Waals surface area contributed by atoms with E-state index in [1.807, 2.05) is 31.2 Å². The number of urea groups is 1. The van der Waals surface area contributed by atoms with E-state index in [0.29, 0.717) is 0 Å². The van der Waals surface area contributed by atoms with Crippen molar-refractivity contribution >= 4 is 23.4 Å². The predicted molar refractivity (Wildman–Crippen MR) is 80.5 cm³/mol. The number of nitrogens with zero attached hydrogens (tertiary/aromatic N) is 4. The van der Waals surface area contributed by atoms with Crippen LogP contribution in [0.1, 0.15) is 12.5 Å². The van der Waals surface area contributed by atoms with Gasteiger partial charge in [-0.25, -0.2) is 9.69 Å². The van der Waals surface area contributed by atoms with Gasteiger partial charge in [0.15, 0.2) is 5.82 Å². The van der Waals surface area contributed by atoms with Gasteiger partial charge in [0, 0.05) is 11.9 Å². The molecule has 3 heterocycles. The van der Waals surface area contributed by atoms with Gasteiger partial charge in [-0.3, -0.25) is 9.69 Å². The van der Waals surface area contributed by atoms with Crippen LogP contribution in [0.2, 0.25) is 0 Å². The third kappa shape index (κ3) is 1.67. The number of hydrogen-bond acceptors (Lipinski definition) is 4. The second-order valence-corrected chi connectivity index (χ2v) is 5.66. The van der Waals surface area contributed by atoms with Gasteiger partial charge < -0.3 is 0 Å². The smallest absolute Gasteiger partial charge is 0.281 e. The molecule has 2 aliphatic rings. The molecule has 110 valence electrons. The van der Waals surface area contributed by atoms with Crippen molar-refractivity contribution in [3.8, 4) is 0 Å². The Morgan fingerprint density at radius 3 is 2.73 bits per heavy atom. The number of amides is 3. The number of hydrogen-bond donors (Lipinski definition) is 0. The zero-order valence-corrected chi connectivity index (χ0v) is 12.0. The first kappa shape index (κ1) is 12.9. The first-order valence-electron chi connectivity index (χ1n) is 7.21. The Kier molecular flexibility index (Phi) is 2.72. The number of benzene rings is 1. The molecular formula is C16H14N4O2. The minimum atomic E-state index is -0.468. The number of rotatable bonds is 1. The summed E-state index contributed by atoms with van der Waals surface area (Å²) in [4.78, 5) is 28.3. The molecule has 4 rings (SSSR count). The van der Waals surface area contributed by atoms with Gasteiger partial charge in [0.05, 0.1) is 0 Å². The highest BCUT2D eigenvalue weighted by Crippen LogP contribution is 2.39. The molecule has 3 amide bonds. The molecule has 6 heteroatoms. The van der Waals surface area contributed by atoms with E-state index >= 15 is 0 Å². The zero-order valence-electron chi connectivity index (χ0n) is 12.0. The summed E-state index contributed by atoms with van der Waals surface area (Å²) >= 11 is 0. The molecule has 22 heavy (non-hydrogen) atoms. The van der Waals surface area contributed by atoms with Gasteiger partial charge in [0.25, 0.3) is 5.91 Å². The van der Waals surface area contributed by atoms with Gasteiger partial charge in [0.1, 0.15) is 6.04 Å². The molecule has 0 aliphatic carbocycles. The van der Waals surface area contributed by atoms with Crippen molar-refractivity contribution in [1.82, 2.24) is 10.2 Å². The predicted octanol–water partition coefficient (Wildman–Crippen LogP) is 2.01. The number of anilines is 2. The van der Waals surface area contributed by atoms with Crippen molar-refractivity contribution in [2.45, 2.75) is 19.4 Å². The van der Waals surface area contributed by atoms with Crippen LogP contribution in [-0.4, -0.2) is 28.2 Å². The Hall–Kier alpha value is -2.76. The molecule has 1 aromatic carbocycles. The van der Waals surface area contributed by atoms with Crippen LogP contribution in [0.4, 0.5) is 16.3 Å². The molecule has 1 aromatic heterocycles. The van der Waals surface area contributed by atoms with E-state index < -0.39 is 6.04 Å². The summed E-state index contributed by atoms with van der Waals surface area (Å²) in [5.41, 5.74) is 1.91. The Bertz CT molecular complexity index is 762. The minimum Gasteiger partial charge on any atom is -0.281 e. The molecule has 6 nitrogen and oxygen atoms in total. The van der Waals surface area contributed by atoms with E-state index in [1.165, 1.54) is 6.20 Å². The molecule has 1 saturated heterocycles. The largest absolute Gasteiger partial charge is 0.337 e. The Morgan fingerprint density at radius 1 is 1.14 bits per heavy atom. The fourth-order valence-corrected chi connectivity index (χ4v) is 3.31. The molecule has 0 saturated carbocycles. The summed E-state index contributed by atoms with van der Waals surface area (Å²) in [6.07, 6.45) is 2.30.